The van der Waals surface area contributed by atoms with E-state index < -0.39 is 52.8 Å². The van der Waals surface area contributed by atoms with Gasteiger partial charge in [0.05, 0.1) is 31.0 Å². The average molecular weight is 662 g/mol. The number of hydrogen-bond donors (Lipinski definition) is 1. The highest BCUT2D eigenvalue weighted by Gasteiger charge is 2.47. The molecular formula is C35H34F3N5O5. The van der Waals surface area contributed by atoms with Crippen LogP contribution in [0.5, 0.6) is 5.75 Å². The Morgan fingerprint density at radius 2 is 1.69 bits per heavy atom. The van der Waals surface area contributed by atoms with Gasteiger partial charge in [0.25, 0.3) is 11.8 Å². The van der Waals surface area contributed by atoms with Crippen LogP contribution in [0, 0.1) is 17.1 Å². The number of nitrogens with one attached hydrogen (secondary N) is 1. The molecular weight excluding hydrogens is 627 g/mol. The molecule has 48 heavy (non-hydrogen) atoms. The van der Waals surface area contributed by atoms with Crippen molar-refractivity contribution in [3.63, 3.8) is 0 Å². The van der Waals surface area contributed by atoms with Crippen LogP contribution in [-0.2, 0) is 27.4 Å². The number of halogens is 3. The highest BCUT2D eigenvalue weighted by molar-refractivity contribution is 6.01. The van der Waals surface area contributed by atoms with E-state index in [1.54, 1.807) is 40.0 Å². The maximum Gasteiger partial charge on any atom is 0.408 e. The van der Waals surface area contributed by atoms with Crippen molar-refractivity contribution in [2.75, 3.05) is 12.0 Å². The van der Waals surface area contributed by atoms with Crippen LogP contribution in [0.4, 0.5) is 23.7 Å². The molecule has 13 heteroatoms. The van der Waals surface area contributed by atoms with Crippen molar-refractivity contribution in [2.45, 2.75) is 70.6 Å². The van der Waals surface area contributed by atoms with E-state index in [4.69, 9.17) is 13.9 Å². The van der Waals surface area contributed by atoms with Gasteiger partial charge in [0.15, 0.2) is 0 Å². The van der Waals surface area contributed by atoms with Crippen molar-refractivity contribution in [2.24, 2.45) is 0 Å². The zero-order valence-corrected chi connectivity index (χ0v) is 27.2. The molecule has 1 aliphatic rings. The molecule has 0 spiro atoms. The number of carbonyl (C=O) groups is 2. The lowest BCUT2D eigenvalue weighted by Crippen LogP contribution is -2.49. The Balaban J connectivity index is 1.58. The Morgan fingerprint density at radius 1 is 1.06 bits per heavy atom. The number of methoxy groups -OCH3 is 1. The van der Waals surface area contributed by atoms with Crippen LogP contribution in [0.15, 0.2) is 65.1 Å². The number of carbonyl (C=O) groups excluding carboxylic acids is 2. The number of hydrogen-bond acceptors (Lipinski definition) is 8. The number of ether oxygens (including phenoxy) is 2. The van der Waals surface area contributed by atoms with E-state index in [0.29, 0.717) is 17.4 Å². The van der Waals surface area contributed by atoms with E-state index in [1.165, 1.54) is 13.8 Å². The number of nitrogens with zero attached hydrogens (tertiary/aromatic N) is 4. The van der Waals surface area contributed by atoms with Crippen LogP contribution in [0.3, 0.4) is 0 Å². The molecule has 0 bridgehead atoms. The molecule has 0 saturated carbocycles. The summed E-state index contributed by atoms with van der Waals surface area (Å²) >= 11 is 0. The van der Waals surface area contributed by atoms with E-state index in [9.17, 15) is 14.9 Å². The number of alkyl carbamates (subject to hydrolysis) is 1. The molecule has 250 valence electrons. The largest absolute Gasteiger partial charge is 0.497 e. The summed E-state index contributed by atoms with van der Waals surface area (Å²) in [5.41, 5.74) is -1.27. The first-order valence-corrected chi connectivity index (χ1v) is 15.0. The first-order valence-electron chi connectivity index (χ1n) is 15.0. The van der Waals surface area contributed by atoms with E-state index in [2.05, 4.69) is 15.5 Å². The van der Waals surface area contributed by atoms with Gasteiger partial charge in [-0.15, -0.1) is 10.2 Å². The fourth-order valence-corrected chi connectivity index (χ4v) is 5.13. The molecule has 2 heterocycles. The topological polar surface area (TPSA) is 131 Å². The van der Waals surface area contributed by atoms with E-state index in [-0.39, 0.29) is 29.6 Å². The maximum absolute atomic E-state index is 16.0. The molecule has 4 aromatic rings. The molecule has 0 saturated heterocycles. The fraction of sp³-hybridized carbons (Fsp3) is 0.343. The Labute approximate surface area is 275 Å². The Bertz CT molecular complexity index is 1880. The minimum Gasteiger partial charge on any atom is -0.497 e. The number of rotatable bonds is 7. The van der Waals surface area contributed by atoms with Gasteiger partial charge in [-0.3, -0.25) is 4.79 Å². The van der Waals surface area contributed by atoms with Crippen LogP contribution < -0.4 is 15.0 Å². The zero-order valence-electron chi connectivity index (χ0n) is 27.2. The monoisotopic (exact) mass is 661 g/mol. The maximum atomic E-state index is 16.0. The van der Waals surface area contributed by atoms with Gasteiger partial charge < -0.3 is 24.1 Å². The summed E-state index contributed by atoms with van der Waals surface area (Å²) in [5.74, 6) is -5.51. The fourth-order valence-electron chi connectivity index (χ4n) is 5.13. The number of benzene rings is 3. The van der Waals surface area contributed by atoms with Gasteiger partial charge in [-0.1, -0.05) is 36.4 Å². The van der Waals surface area contributed by atoms with Crippen LogP contribution in [0.1, 0.15) is 58.1 Å². The normalized spacial score (nSPS) is 16.0. The molecule has 0 fully saturated rings. The van der Waals surface area contributed by atoms with E-state index in [1.807, 2.05) is 42.5 Å². The molecule has 1 N–H and O–H groups in total. The summed E-state index contributed by atoms with van der Waals surface area (Å²) in [5, 5.41) is 19.5. The lowest BCUT2D eigenvalue weighted by atomic mass is 9.96. The molecule has 3 aromatic carbocycles. The molecule has 5 rings (SSSR count). The molecule has 1 aliphatic heterocycles. The molecule has 0 aliphatic carbocycles. The van der Waals surface area contributed by atoms with Crippen molar-refractivity contribution in [1.82, 2.24) is 15.5 Å². The average Bonchev–Trinajstić information content (AvgIpc) is 3.51. The molecule has 1 atom stereocenters. The Hall–Kier alpha value is -5.38. The van der Waals surface area contributed by atoms with Crippen molar-refractivity contribution in [3.05, 3.63) is 83.5 Å². The van der Waals surface area contributed by atoms with Gasteiger partial charge in [0, 0.05) is 12.0 Å². The van der Waals surface area contributed by atoms with Gasteiger partial charge in [0.1, 0.15) is 28.6 Å². The Morgan fingerprint density at radius 3 is 2.27 bits per heavy atom. The second kappa shape index (κ2) is 12.7. The third-order valence-electron chi connectivity index (χ3n) is 7.67. The molecule has 2 amide bonds. The summed E-state index contributed by atoms with van der Waals surface area (Å²) in [6, 6.07) is 16.5. The lowest BCUT2D eigenvalue weighted by Gasteiger charge is -2.27. The smallest absolute Gasteiger partial charge is 0.408 e. The Kier molecular flexibility index (Phi) is 8.97. The summed E-state index contributed by atoms with van der Waals surface area (Å²) < 4.78 is 63.6. The molecule has 0 radical (unpaired) electrons. The number of anilines is 1. The number of nitriles is 1. The van der Waals surface area contributed by atoms with Crippen molar-refractivity contribution >= 4 is 17.7 Å². The third-order valence-corrected chi connectivity index (χ3v) is 7.67. The summed E-state index contributed by atoms with van der Waals surface area (Å²) in [6.45, 7) is 7.63. The van der Waals surface area contributed by atoms with Crippen LogP contribution >= 0.6 is 0 Å². The first-order chi connectivity index (χ1) is 22.5. The van der Waals surface area contributed by atoms with Gasteiger partial charge in [-0.2, -0.15) is 5.26 Å². The predicted octanol–water partition coefficient (Wildman–Crippen LogP) is 7.27. The minimum absolute atomic E-state index is 0.105. The number of aromatic nitrogens is 2. The first kappa shape index (κ1) is 34.0. The van der Waals surface area contributed by atoms with Gasteiger partial charge in [-0.05, 0) is 75.6 Å². The minimum atomic E-state index is -3.76. The summed E-state index contributed by atoms with van der Waals surface area (Å²) in [7, 11) is 1.57. The zero-order chi connectivity index (χ0) is 35.0. The quantitative estimate of drug-likeness (QED) is 0.219. The van der Waals surface area contributed by atoms with E-state index >= 15 is 13.2 Å². The van der Waals surface area contributed by atoms with Gasteiger partial charge >= 0.3 is 6.09 Å². The molecule has 1 unspecified atom stereocenters. The van der Waals surface area contributed by atoms with Crippen molar-refractivity contribution < 1.29 is 36.7 Å². The third kappa shape index (κ3) is 7.12. The van der Waals surface area contributed by atoms with Crippen molar-refractivity contribution in [1.29, 1.82) is 5.26 Å². The highest BCUT2D eigenvalue weighted by Crippen LogP contribution is 2.45. The number of amides is 2. The summed E-state index contributed by atoms with van der Waals surface area (Å²) in [4.78, 5) is 27.8. The van der Waals surface area contributed by atoms with Crippen LogP contribution in [-0.4, -0.2) is 41.0 Å². The standard InChI is InChI=1S/C35H34F3N5O5/c1-33(2,3)48-32(45)40-27-17-35(37,38)25-16-26(36)24(29-41-42-31(47-29)34(4,5)19-39)15-28(25)43(30(27)44)18-20-7-9-21(10-8-20)22-11-13-23(46-6)14-12-22/h7-16,27H,17-18H2,1-6H3,(H,40,45). The summed E-state index contributed by atoms with van der Waals surface area (Å²) in [6.07, 6.45) is -2.21. The number of fused-ring (bicyclic) bond motifs is 1. The lowest BCUT2D eigenvalue weighted by molar-refractivity contribution is -0.123. The van der Waals surface area contributed by atoms with Gasteiger partial charge in [-0.25, -0.2) is 18.0 Å². The number of alkyl halides is 2. The van der Waals surface area contributed by atoms with Crippen LogP contribution in [0.2, 0.25) is 0 Å². The van der Waals surface area contributed by atoms with E-state index in [0.717, 1.165) is 22.1 Å². The molecule has 10 nitrogen and oxygen atoms in total. The second-order valence-electron chi connectivity index (χ2n) is 13.0. The molecule has 1 aromatic heterocycles. The SMILES string of the molecule is COc1ccc(-c2ccc(CN3C(=O)C(NC(=O)OC(C)(C)C)CC(F)(F)c4cc(F)c(-c5nnc(C(C)(C)C#N)o5)cc43)cc2)cc1. The van der Waals surface area contributed by atoms with Crippen LogP contribution in [0.25, 0.3) is 22.6 Å². The highest BCUT2D eigenvalue weighted by atomic mass is 19.3. The second-order valence-corrected chi connectivity index (χ2v) is 13.0. The predicted molar refractivity (Wildman–Crippen MR) is 170 cm³/mol. The van der Waals surface area contributed by atoms with Crippen molar-refractivity contribution in [3.8, 4) is 34.4 Å². The van der Waals surface area contributed by atoms with Gasteiger partial charge in [0.2, 0.25) is 11.8 Å².